The van der Waals surface area contributed by atoms with Gasteiger partial charge in [0, 0.05) is 56.1 Å². The fourth-order valence-electron chi connectivity index (χ4n) is 7.99. The molecular formula is C56H70N8O7Si. The maximum atomic E-state index is 13.8. The lowest BCUT2D eigenvalue weighted by atomic mass is 10.1. The molecule has 0 saturated carbocycles. The van der Waals surface area contributed by atoms with Crippen LogP contribution in [0, 0.1) is 0 Å². The summed E-state index contributed by atoms with van der Waals surface area (Å²) < 4.78 is 22.5. The van der Waals surface area contributed by atoms with E-state index in [0.29, 0.717) is 61.0 Å². The van der Waals surface area contributed by atoms with E-state index in [2.05, 4.69) is 78.5 Å². The maximum absolute atomic E-state index is 13.8. The summed E-state index contributed by atoms with van der Waals surface area (Å²) in [6, 6.07) is 34.6. The summed E-state index contributed by atoms with van der Waals surface area (Å²) in [4.78, 5) is 48.1. The number of rotatable bonds is 16. The van der Waals surface area contributed by atoms with Gasteiger partial charge in [-0.2, -0.15) is 9.97 Å². The molecule has 1 saturated heterocycles. The van der Waals surface area contributed by atoms with Gasteiger partial charge in [0.25, 0.3) is 11.8 Å². The molecule has 4 aromatic carbocycles. The van der Waals surface area contributed by atoms with Crippen molar-refractivity contribution in [3.8, 4) is 11.5 Å². The topological polar surface area (TPSA) is 173 Å². The van der Waals surface area contributed by atoms with Gasteiger partial charge >= 0.3 is 0 Å². The van der Waals surface area contributed by atoms with Crippen LogP contribution in [0.3, 0.4) is 0 Å². The minimum absolute atomic E-state index is 0.000143. The van der Waals surface area contributed by atoms with Crippen LogP contribution < -0.4 is 29.9 Å². The number of hydrogen-bond acceptors (Lipinski definition) is 13. The number of fused-ring (bicyclic) bond motifs is 2. The summed E-state index contributed by atoms with van der Waals surface area (Å²) in [7, 11) is -1.97. The number of anilines is 4. The quantitative estimate of drug-likeness (QED) is 0.0783. The molecule has 0 aliphatic carbocycles. The van der Waals surface area contributed by atoms with E-state index in [1.54, 1.807) is 35.5 Å². The van der Waals surface area contributed by atoms with Gasteiger partial charge in [-0.25, -0.2) is 9.97 Å². The summed E-state index contributed by atoms with van der Waals surface area (Å²) in [6.45, 7) is 19.2. The van der Waals surface area contributed by atoms with Gasteiger partial charge in [-0.3, -0.25) is 19.4 Å². The zero-order valence-electron chi connectivity index (χ0n) is 42.8. The number of carbonyl (C=O) groups is 2. The smallest absolute Gasteiger partial charge is 0.259 e. The largest absolute Gasteiger partial charge is 0.493 e. The number of benzene rings is 4. The highest BCUT2D eigenvalue weighted by atomic mass is 28.4. The Morgan fingerprint density at radius 2 is 1.12 bits per heavy atom. The van der Waals surface area contributed by atoms with Crippen molar-refractivity contribution in [2.24, 2.45) is 0 Å². The Morgan fingerprint density at radius 3 is 1.54 bits per heavy atom. The van der Waals surface area contributed by atoms with E-state index < -0.39 is 8.32 Å². The molecule has 0 bridgehead atoms. The number of carbonyl (C=O) groups excluding carboxylic acids is 2. The van der Waals surface area contributed by atoms with Gasteiger partial charge in [0.1, 0.15) is 23.1 Å². The normalized spacial score (nSPS) is 14.4. The first-order valence-electron chi connectivity index (χ1n) is 25.0. The lowest BCUT2D eigenvalue weighted by Gasteiger charge is -2.36. The van der Waals surface area contributed by atoms with Crippen molar-refractivity contribution in [2.75, 3.05) is 73.2 Å². The first kappa shape index (κ1) is 53.1. The van der Waals surface area contributed by atoms with Crippen molar-refractivity contribution < 1.29 is 33.3 Å². The van der Waals surface area contributed by atoms with E-state index in [0.717, 1.165) is 59.8 Å². The standard InChI is InChI=1S/C29H38N4O3Si.C23H24N4O3.C4H8O/c1-21(22-10-8-7-9-11-22)31-28-30-16-14-26(32-28)33(17-19-36-37(5,6)29(2,3)4)27(34)24-12-13-25-23(20-24)15-18-35-25;1-16(17-5-3-2-4-6-17)25-23-24-11-9-21(26-23)27(12-13-28)22(29)19-7-8-20-18(15-19)10-14-30-20;1-2-4-5-3-1/h7-14,16,20-21H,15,17-19H2,1-6H3,(H,30,31,32);2-9,11,15-16,28H,10,12-14H2,1H3,(H,24,25,26);1-4H2/t21-;16-;/m00./s1. The van der Waals surface area contributed by atoms with E-state index in [-0.39, 0.29) is 42.1 Å². The fraction of sp³-hybridized carbons (Fsp3) is 0.393. The molecule has 3 aliphatic heterocycles. The highest BCUT2D eigenvalue weighted by Crippen LogP contribution is 2.37. The molecule has 2 amide bonds. The van der Waals surface area contributed by atoms with Crippen LogP contribution in [0.25, 0.3) is 0 Å². The molecule has 15 nitrogen and oxygen atoms in total. The first-order valence-corrected chi connectivity index (χ1v) is 27.9. The van der Waals surface area contributed by atoms with Crippen LogP contribution in [-0.2, 0) is 22.0 Å². The van der Waals surface area contributed by atoms with Crippen LogP contribution in [-0.4, -0.2) is 97.9 Å². The molecule has 1 fully saturated rings. The van der Waals surface area contributed by atoms with Crippen molar-refractivity contribution in [1.82, 2.24) is 19.9 Å². The molecule has 0 unspecified atom stereocenters. The Bertz CT molecular complexity index is 2690. The van der Waals surface area contributed by atoms with E-state index in [9.17, 15) is 14.7 Å². The number of aromatic nitrogens is 4. The van der Waals surface area contributed by atoms with Crippen molar-refractivity contribution in [2.45, 2.75) is 90.5 Å². The number of ether oxygens (including phenoxy) is 3. The Hall–Kier alpha value is -6.72. The van der Waals surface area contributed by atoms with Crippen molar-refractivity contribution >= 4 is 43.7 Å². The Labute approximate surface area is 425 Å². The van der Waals surface area contributed by atoms with Gasteiger partial charge in [-0.15, -0.1) is 0 Å². The first-order chi connectivity index (χ1) is 34.7. The fourth-order valence-corrected chi connectivity index (χ4v) is 9.02. The van der Waals surface area contributed by atoms with Crippen molar-refractivity contribution in [3.05, 3.63) is 155 Å². The SMILES string of the molecule is C1CCOC1.C[C@H](Nc1nccc(N(CCO)C(=O)c2ccc3c(c2)CCO3)n1)c1ccccc1.C[C@H](Nc1nccc(N(CCO[Si](C)(C)C(C)(C)C)C(=O)c2ccc3c(c2)CCO3)n1)c1ccccc1. The van der Waals surface area contributed by atoms with E-state index in [4.69, 9.17) is 23.6 Å². The number of aliphatic hydroxyl groups excluding tert-OH is 1. The number of amides is 2. The third-order valence-electron chi connectivity index (χ3n) is 13.2. The molecule has 3 N–H and O–H groups in total. The van der Waals surface area contributed by atoms with Crippen LogP contribution in [0.1, 0.15) is 103 Å². The van der Waals surface area contributed by atoms with Gasteiger partial charge in [0.2, 0.25) is 11.9 Å². The van der Waals surface area contributed by atoms with E-state index in [1.165, 1.54) is 17.7 Å². The summed E-state index contributed by atoms with van der Waals surface area (Å²) in [5, 5.41) is 16.3. The summed E-state index contributed by atoms with van der Waals surface area (Å²) in [6.07, 6.45) is 7.45. The molecule has 16 heteroatoms. The highest BCUT2D eigenvalue weighted by molar-refractivity contribution is 6.74. The Kier molecular flexibility index (Phi) is 18.5. The summed E-state index contributed by atoms with van der Waals surface area (Å²) in [5.41, 5.74) is 5.47. The lowest BCUT2D eigenvalue weighted by Crippen LogP contribution is -2.43. The van der Waals surface area contributed by atoms with Gasteiger partial charge in [-0.1, -0.05) is 81.4 Å². The van der Waals surface area contributed by atoms with Crippen LogP contribution >= 0.6 is 0 Å². The predicted octanol–water partition coefficient (Wildman–Crippen LogP) is 10.3. The average Bonchev–Trinajstić information content (AvgIpc) is 4.22. The molecule has 2 atom stereocenters. The molecule has 3 aliphatic rings. The van der Waals surface area contributed by atoms with Crippen LogP contribution in [0.15, 0.2) is 122 Å². The van der Waals surface area contributed by atoms with Gasteiger partial charge in [0.05, 0.1) is 45.1 Å². The molecule has 6 aromatic rings. The van der Waals surface area contributed by atoms with Gasteiger partial charge < -0.3 is 34.4 Å². The predicted molar refractivity (Wildman–Crippen MR) is 286 cm³/mol. The highest BCUT2D eigenvalue weighted by Gasteiger charge is 2.37. The molecule has 9 rings (SSSR count). The second-order valence-corrected chi connectivity index (χ2v) is 24.2. The summed E-state index contributed by atoms with van der Waals surface area (Å²) in [5.74, 6) is 3.20. The van der Waals surface area contributed by atoms with Crippen LogP contribution in [0.4, 0.5) is 23.5 Å². The zero-order chi connectivity index (χ0) is 51.1. The molecule has 380 valence electrons. The Balaban J connectivity index is 0.000000195. The van der Waals surface area contributed by atoms with Crippen molar-refractivity contribution in [3.63, 3.8) is 0 Å². The van der Waals surface area contributed by atoms with Crippen LogP contribution in [0.5, 0.6) is 11.5 Å². The molecule has 2 aromatic heterocycles. The molecule has 0 radical (unpaired) electrons. The lowest BCUT2D eigenvalue weighted by molar-refractivity contribution is 0.0973. The Morgan fingerprint density at radius 1 is 0.667 bits per heavy atom. The average molecular weight is 995 g/mol. The van der Waals surface area contributed by atoms with Gasteiger partial charge in [0.15, 0.2) is 8.32 Å². The minimum Gasteiger partial charge on any atom is -0.493 e. The molecular weight excluding hydrogens is 925 g/mol. The second kappa shape index (κ2) is 25.1. The maximum Gasteiger partial charge on any atom is 0.259 e. The molecule has 5 heterocycles. The van der Waals surface area contributed by atoms with E-state index in [1.807, 2.05) is 85.8 Å². The second-order valence-electron chi connectivity index (χ2n) is 19.4. The third kappa shape index (κ3) is 14.2. The molecule has 72 heavy (non-hydrogen) atoms. The zero-order valence-corrected chi connectivity index (χ0v) is 43.8. The van der Waals surface area contributed by atoms with Crippen molar-refractivity contribution in [1.29, 1.82) is 0 Å². The minimum atomic E-state index is -1.97. The number of aliphatic hydroxyl groups is 1. The number of hydrogen-bond donors (Lipinski definition) is 3. The third-order valence-corrected chi connectivity index (χ3v) is 17.8. The summed E-state index contributed by atoms with van der Waals surface area (Å²) >= 11 is 0. The number of nitrogens with one attached hydrogen (secondary N) is 2. The van der Waals surface area contributed by atoms with Crippen LogP contribution in [0.2, 0.25) is 18.1 Å². The van der Waals surface area contributed by atoms with E-state index >= 15 is 0 Å². The number of nitrogens with zero attached hydrogens (tertiary/aromatic N) is 6. The monoisotopic (exact) mass is 995 g/mol. The van der Waals surface area contributed by atoms with Gasteiger partial charge in [-0.05, 0) is 116 Å². The molecule has 0 spiro atoms.